The van der Waals surface area contributed by atoms with E-state index in [4.69, 9.17) is 23.7 Å². The molecule has 0 saturated heterocycles. The number of nitrogens with zero attached hydrogens (tertiary/aromatic N) is 1. The normalized spacial score (nSPS) is 12.4. The second-order valence-electron chi connectivity index (χ2n) is 5.39. The van der Waals surface area contributed by atoms with E-state index >= 15 is 0 Å². The number of hydrogen-bond acceptors (Lipinski definition) is 7. The largest absolute Gasteiger partial charge is 0.460 e. The maximum absolute atomic E-state index is 12.2. The predicted octanol–water partition coefficient (Wildman–Crippen LogP) is 1.96. The Balaban J connectivity index is 4.86. The van der Waals surface area contributed by atoms with Crippen LogP contribution in [0, 0.1) is 5.92 Å². The number of carbonyl (C=O) groups is 2. The van der Waals surface area contributed by atoms with E-state index in [-0.39, 0.29) is 25.9 Å². The fraction of sp³-hybridized carbons (Fsp3) is 0.647. The van der Waals surface area contributed by atoms with Gasteiger partial charge < -0.3 is 23.7 Å². The van der Waals surface area contributed by atoms with Gasteiger partial charge in [-0.25, -0.2) is 9.59 Å². The Morgan fingerprint density at radius 3 is 2.24 bits per heavy atom. The summed E-state index contributed by atoms with van der Waals surface area (Å²) >= 11 is 0. The molecule has 8 nitrogen and oxygen atoms in total. The molecule has 0 spiro atoms. The van der Waals surface area contributed by atoms with Gasteiger partial charge in [0.2, 0.25) is 0 Å². The Bertz CT molecular complexity index is 433. The monoisotopic (exact) mass is 359 g/mol. The summed E-state index contributed by atoms with van der Waals surface area (Å²) in [6, 6.07) is -0.407. The van der Waals surface area contributed by atoms with Crippen LogP contribution in [0.4, 0.5) is 4.79 Å². The molecule has 0 aliphatic carbocycles. The Morgan fingerprint density at radius 2 is 1.76 bits per heavy atom. The van der Waals surface area contributed by atoms with Crippen molar-refractivity contribution in [2.24, 2.45) is 5.92 Å². The summed E-state index contributed by atoms with van der Waals surface area (Å²) in [6.45, 7) is 7.41. The van der Waals surface area contributed by atoms with Crippen LogP contribution in [0.5, 0.6) is 0 Å². The molecule has 0 aromatic heterocycles. The number of rotatable bonds is 12. The third-order valence-electron chi connectivity index (χ3n) is 3.25. The van der Waals surface area contributed by atoms with E-state index in [9.17, 15) is 9.59 Å². The van der Waals surface area contributed by atoms with Crippen molar-refractivity contribution in [3.05, 3.63) is 24.8 Å². The van der Waals surface area contributed by atoms with Gasteiger partial charge in [0, 0.05) is 27.4 Å². The first-order valence-electron chi connectivity index (χ1n) is 7.84. The van der Waals surface area contributed by atoms with Gasteiger partial charge in [0.25, 0.3) is 0 Å². The molecule has 0 aliphatic rings. The maximum atomic E-state index is 12.2. The van der Waals surface area contributed by atoms with Gasteiger partial charge in [0.15, 0.2) is 6.29 Å². The van der Waals surface area contributed by atoms with Crippen molar-refractivity contribution in [3.63, 3.8) is 0 Å². The molecule has 0 rings (SSSR count). The van der Waals surface area contributed by atoms with Gasteiger partial charge in [-0.3, -0.25) is 4.90 Å². The average molecular weight is 359 g/mol. The first kappa shape index (κ1) is 23.1. The highest BCUT2D eigenvalue weighted by molar-refractivity contribution is 5.82. The smallest absolute Gasteiger partial charge is 0.412 e. The van der Waals surface area contributed by atoms with Gasteiger partial charge in [-0.1, -0.05) is 26.5 Å². The summed E-state index contributed by atoms with van der Waals surface area (Å²) < 4.78 is 25.2. The lowest BCUT2D eigenvalue weighted by Crippen LogP contribution is -2.47. The highest BCUT2D eigenvalue weighted by Crippen LogP contribution is 2.13. The van der Waals surface area contributed by atoms with Gasteiger partial charge in [-0.2, -0.15) is 0 Å². The Labute approximate surface area is 149 Å². The number of hydrogen-bond donors (Lipinski definition) is 0. The first-order chi connectivity index (χ1) is 11.9. The molecule has 0 aromatic carbocycles. The predicted molar refractivity (Wildman–Crippen MR) is 91.8 cm³/mol. The van der Waals surface area contributed by atoms with Gasteiger partial charge in [-0.05, 0) is 12.0 Å². The fourth-order valence-corrected chi connectivity index (χ4v) is 1.90. The Kier molecular flexibility index (Phi) is 12.4. The van der Waals surface area contributed by atoms with Gasteiger partial charge >= 0.3 is 12.1 Å². The molecule has 25 heavy (non-hydrogen) atoms. The molecule has 0 fully saturated rings. The highest BCUT2D eigenvalue weighted by Gasteiger charge is 2.28. The minimum atomic E-state index is -0.632. The van der Waals surface area contributed by atoms with Crippen LogP contribution in [0.15, 0.2) is 24.8 Å². The van der Waals surface area contributed by atoms with Crippen molar-refractivity contribution in [1.82, 2.24) is 4.90 Å². The fourth-order valence-electron chi connectivity index (χ4n) is 1.90. The minimum Gasteiger partial charge on any atom is -0.460 e. The van der Waals surface area contributed by atoms with Crippen LogP contribution in [0.3, 0.4) is 0 Å². The molecule has 0 saturated carbocycles. The molecule has 144 valence electrons. The van der Waals surface area contributed by atoms with Crippen LogP contribution in [0.2, 0.25) is 0 Å². The summed E-state index contributed by atoms with van der Waals surface area (Å²) in [5, 5.41) is 0. The molecule has 0 heterocycles. The number of ether oxygens (including phenoxy) is 5. The minimum absolute atomic E-state index is 0.00196. The zero-order valence-corrected chi connectivity index (χ0v) is 15.6. The van der Waals surface area contributed by atoms with Crippen LogP contribution in [0.1, 0.15) is 13.8 Å². The molecule has 0 unspecified atom stereocenters. The van der Waals surface area contributed by atoms with Gasteiger partial charge in [0.05, 0.1) is 6.04 Å². The summed E-state index contributed by atoms with van der Waals surface area (Å²) in [4.78, 5) is 25.4. The molecule has 8 heteroatoms. The topological polar surface area (TPSA) is 83.5 Å². The van der Waals surface area contributed by atoms with E-state index in [1.54, 1.807) is 0 Å². The lowest BCUT2D eigenvalue weighted by Gasteiger charge is -2.32. The second-order valence-corrected chi connectivity index (χ2v) is 5.39. The van der Waals surface area contributed by atoms with E-state index in [2.05, 4.69) is 6.58 Å². The molecule has 0 N–H and O–H groups in total. The molecule has 0 bridgehead atoms. The van der Waals surface area contributed by atoms with E-state index in [1.165, 1.54) is 44.5 Å². The molecular weight excluding hydrogens is 330 g/mol. The Hall–Kier alpha value is -1.90. The van der Waals surface area contributed by atoms with Crippen LogP contribution in [0.25, 0.3) is 0 Å². The van der Waals surface area contributed by atoms with Crippen molar-refractivity contribution in [2.45, 2.75) is 26.2 Å². The molecule has 1 atom stereocenters. The SMILES string of the molecule is C=CCOC(=O)N(COC)[C@H](COC(=O)/C=C\C(OC)OC)C(C)C. The van der Waals surface area contributed by atoms with E-state index in [0.717, 1.165) is 0 Å². The van der Waals surface area contributed by atoms with Crippen molar-refractivity contribution in [3.8, 4) is 0 Å². The molecule has 1 amide bonds. The molecule has 0 radical (unpaired) electrons. The summed E-state index contributed by atoms with van der Waals surface area (Å²) in [6.07, 6.45) is 2.92. The Morgan fingerprint density at radius 1 is 1.12 bits per heavy atom. The van der Waals surface area contributed by atoms with Crippen molar-refractivity contribution >= 4 is 12.1 Å². The molecule has 0 aliphatic heterocycles. The number of methoxy groups -OCH3 is 3. The quantitative estimate of drug-likeness (QED) is 0.228. The van der Waals surface area contributed by atoms with Gasteiger partial charge in [-0.15, -0.1) is 0 Å². The third-order valence-corrected chi connectivity index (χ3v) is 3.25. The number of esters is 1. The third kappa shape index (κ3) is 9.23. The van der Waals surface area contributed by atoms with E-state index in [1.807, 2.05) is 13.8 Å². The van der Waals surface area contributed by atoms with Crippen LogP contribution < -0.4 is 0 Å². The summed E-state index contributed by atoms with van der Waals surface area (Å²) in [7, 11) is 4.38. The number of amides is 1. The highest BCUT2D eigenvalue weighted by atomic mass is 16.7. The van der Waals surface area contributed by atoms with E-state index < -0.39 is 24.4 Å². The van der Waals surface area contributed by atoms with Crippen molar-refractivity contribution in [1.29, 1.82) is 0 Å². The average Bonchev–Trinajstić information content (AvgIpc) is 2.59. The second kappa shape index (κ2) is 13.4. The van der Waals surface area contributed by atoms with E-state index in [0.29, 0.717) is 0 Å². The summed E-state index contributed by atoms with van der Waals surface area (Å²) in [5.74, 6) is -0.560. The number of carbonyl (C=O) groups excluding carboxylic acids is 2. The lowest BCUT2D eigenvalue weighted by molar-refractivity contribution is -0.141. The van der Waals surface area contributed by atoms with Crippen LogP contribution in [-0.4, -0.2) is 70.6 Å². The lowest BCUT2D eigenvalue weighted by atomic mass is 10.0. The zero-order chi connectivity index (χ0) is 19.2. The summed E-state index contributed by atoms with van der Waals surface area (Å²) in [5.41, 5.74) is 0. The molecule has 0 aromatic rings. The standard InChI is InChI=1S/C17H29NO7/c1-7-10-24-17(20)18(12-21-4)14(13(2)3)11-25-15(19)8-9-16(22-5)23-6/h7-9,13-14,16H,1,10-12H2,2-6H3/b9-8-/t14-/m1/s1. The van der Waals surface area contributed by atoms with Gasteiger partial charge in [0.1, 0.15) is 19.9 Å². The van der Waals surface area contributed by atoms with Crippen LogP contribution >= 0.6 is 0 Å². The maximum Gasteiger partial charge on any atom is 0.412 e. The first-order valence-corrected chi connectivity index (χ1v) is 7.84. The van der Waals surface area contributed by atoms with Crippen molar-refractivity contribution in [2.75, 3.05) is 41.3 Å². The van der Waals surface area contributed by atoms with Crippen LogP contribution in [-0.2, 0) is 28.5 Å². The molecular formula is C17H29NO7. The van der Waals surface area contributed by atoms with Crippen molar-refractivity contribution < 1.29 is 33.3 Å². The zero-order valence-electron chi connectivity index (χ0n) is 15.6.